The lowest BCUT2D eigenvalue weighted by atomic mass is 9.99. The van der Waals surface area contributed by atoms with Gasteiger partial charge in [-0.1, -0.05) is 53.4 Å². The number of aliphatic hydroxyl groups is 4. The molecule has 1 unspecified atom stereocenters. The molecule has 2 aliphatic heterocycles. The predicted molar refractivity (Wildman–Crippen MR) is 145 cm³/mol. The molecule has 230 valence electrons. The summed E-state index contributed by atoms with van der Waals surface area (Å²) in [7, 11) is -2.13. The van der Waals surface area contributed by atoms with Gasteiger partial charge in [0, 0.05) is 6.42 Å². The molecule has 0 spiro atoms. The van der Waals surface area contributed by atoms with E-state index in [1.807, 2.05) is 0 Å². The molecule has 2 fully saturated rings. The smallest absolute Gasteiger partial charge is 0.306 e. The molecule has 0 aromatic rings. The summed E-state index contributed by atoms with van der Waals surface area (Å²) in [5.74, 6) is -1.62. The van der Waals surface area contributed by atoms with Crippen molar-refractivity contribution in [2.24, 2.45) is 0 Å². The van der Waals surface area contributed by atoms with E-state index in [1.54, 1.807) is 13.8 Å². The van der Waals surface area contributed by atoms with Gasteiger partial charge in [-0.05, 0) is 38.4 Å². The summed E-state index contributed by atoms with van der Waals surface area (Å²) in [4.78, 5) is 12.5. The van der Waals surface area contributed by atoms with Gasteiger partial charge < -0.3 is 48.5 Å². The van der Waals surface area contributed by atoms with Crippen LogP contribution in [0.15, 0.2) is 0 Å². The van der Waals surface area contributed by atoms with Crippen LogP contribution in [-0.2, 0) is 32.9 Å². The average Bonchev–Trinajstić information content (AvgIpc) is 3.16. The Labute approximate surface area is 234 Å². The second-order valence-corrected chi connectivity index (χ2v) is 17.4. The van der Waals surface area contributed by atoms with Gasteiger partial charge in [-0.3, -0.25) is 4.79 Å². The Morgan fingerprint density at radius 1 is 1.03 bits per heavy atom. The van der Waals surface area contributed by atoms with E-state index >= 15 is 0 Å². The summed E-state index contributed by atoms with van der Waals surface area (Å²) < 4.78 is 35.1. The number of hydrogen-bond acceptors (Lipinski definition) is 11. The highest BCUT2D eigenvalue weighted by atomic mass is 28.4. The molecule has 2 rings (SSSR count). The molecule has 0 bridgehead atoms. The number of esters is 1. The molecular formula is C27H52O11Si. The van der Waals surface area contributed by atoms with Crippen LogP contribution in [0.5, 0.6) is 0 Å². The zero-order valence-corrected chi connectivity index (χ0v) is 25.9. The van der Waals surface area contributed by atoms with Crippen LogP contribution >= 0.6 is 0 Å². The number of carbonyl (C=O) groups excluding carboxylic acids is 1. The van der Waals surface area contributed by atoms with Crippen LogP contribution in [0.3, 0.4) is 0 Å². The molecule has 0 amide bonds. The van der Waals surface area contributed by atoms with Gasteiger partial charge in [0.1, 0.15) is 30.5 Å². The van der Waals surface area contributed by atoms with Gasteiger partial charge in [-0.15, -0.1) is 0 Å². The standard InChI is InChI=1S/C27H52O11Si/c1-9-10-11-12-13-14-19(29)35-23-21(31)20(30)17(15-28)34-25(23)36-24(32)22-18(37-27(5,6)38-22)16-33-39(7,8)26(2,3)4/h17-18,20-25,28,30-32H,9-16H2,1-8H3/t17-,18-,20-,21+,22+,23+,24?,25+/m1/s1. The van der Waals surface area contributed by atoms with Crippen LogP contribution in [0.25, 0.3) is 0 Å². The summed E-state index contributed by atoms with van der Waals surface area (Å²) in [6.07, 6.45) is -5.75. The Kier molecular flexibility index (Phi) is 12.8. The maximum Gasteiger partial charge on any atom is 0.306 e. The third-order valence-electron chi connectivity index (χ3n) is 7.77. The molecule has 0 aromatic heterocycles. The van der Waals surface area contributed by atoms with Gasteiger partial charge in [-0.2, -0.15) is 0 Å². The Hall–Kier alpha value is -0.673. The van der Waals surface area contributed by atoms with Crippen LogP contribution in [0, 0.1) is 0 Å². The third kappa shape index (κ3) is 9.69. The summed E-state index contributed by atoms with van der Waals surface area (Å²) in [5, 5.41) is 41.8. The molecule has 0 saturated carbocycles. The summed E-state index contributed by atoms with van der Waals surface area (Å²) >= 11 is 0. The van der Waals surface area contributed by atoms with E-state index in [4.69, 9.17) is 28.1 Å². The molecule has 11 nitrogen and oxygen atoms in total. The van der Waals surface area contributed by atoms with Gasteiger partial charge in [-0.25, -0.2) is 0 Å². The largest absolute Gasteiger partial charge is 0.454 e. The molecular weight excluding hydrogens is 528 g/mol. The highest BCUT2D eigenvalue weighted by Crippen LogP contribution is 2.38. The predicted octanol–water partition coefficient (Wildman–Crippen LogP) is 2.57. The highest BCUT2D eigenvalue weighted by molar-refractivity contribution is 6.74. The number of rotatable bonds is 14. The number of aliphatic hydroxyl groups excluding tert-OH is 4. The van der Waals surface area contributed by atoms with Crippen molar-refractivity contribution in [1.29, 1.82) is 0 Å². The van der Waals surface area contributed by atoms with Crippen LogP contribution in [0.4, 0.5) is 0 Å². The summed E-state index contributed by atoms with van der Waals surface area (Å²) in [6.45, 7) is 15.6. The van der Waals surface area contributed by atoms with Crippen LogP contribution in [-0.4, -0.2) is 103 Å². The third-order valence-corrected chi connectivity index (χ3v) is 12.3. The zero-order chi connectivity index (χ0) is 29.6. The van der Waals surface area contributed by atoms with E-state index in [0.717, 1.165) is 25.7 Å². The van der Waals surface area contributed by atoms with Crippen molar-refractivity contribution in [2.75, 3.05) is 13.2 Å². The summed E-state index contributed by atoms with van der Waals surface area (Å²) in [5.41, 5.74) is 0. The second kappa shape index (κ2) is 14.5. The van der Waals surface area contributed by atoms with E-state index in [-0.39, 0.29) is 18.1 Å². The maximum atomic E-state index is 12.5. The zero-order valence-electron chi connectivity index (χ0n) is 24.9. The first kappa shape index (κ1) is 34.5. The minimum absolute atomic E-state index is 0.0358. The quantitative estimate of drug-likeness (QED) is 0.104. The number of hydrogen-bond donors (Lipinski definition) is 4. The molecule has 0 aliphatic carbocycles. The van der Waals surface area contributed by atoms with E-state index in [0.29, 0.717) is 6.42 Å². The monoisotopic (exact) mass is 580 g/mol. The molecule has 8 atom stereocenters. The van der Waals surface area contributed by atoms with E-state index in [2.05, 4.69) is 40.8 Å². The van der Waals surface area contributed by atoms with Gasteiger partial charge in [0.05, 0.1) is 13.2 Å². The maximum absolute atomic E-state index is 12.5. The van der Waals surface area contributed by atoms with Crippen LogP contribution < -0.4 is 0 Å². The lowest BCUT2D eigenvalue weighted by Crippen LogP contribution is -2.61. The normalized spacial score (nSPS) is 32.3. The number of carbonyl (C=O) groups is 1. The molecule has 0 radical (unpaired) electrons. The first-order chi connectivity index (χ1) is 18.0. The average molecular weight is 581 g/mol. The Bertz CT molecular complexity index is 757. The Morgan fingerprint density at radius 3 is 2.26 bits per heavy atom. The van der Waals surface area contributed by atoms with Crippen LogP contribution in [0.1, 0.15) is 80.1 Å². The van der Waals surface area contributed by atoms with Crippen molar-refractivity contribution in [2.45, 2.75) is 153 Å². The SMILES string of the molecule is CCCCCCCC(=O)O[C@@H]1[C@H](OC(O)[C@H]2OC(C)(C)O[C@@H]2CO[Si](C)(C)C(C)(C)C)O[C@H](CO)[C@@H](O)[C@@H]1O. The number of unbranched alkanes of at least 4 members (excludes halogenated alkanes) is 4. The topological polar surface area (TPSA) is 153 Å². The molecule has 39 heavy (non-hydrogen) atoms. The number of ether oxygens (including phenoxy) is 5. The minimum Gasteiger partial charge on any atom is -0.454 e. The van der Waals surface area contributed by atoms with Crippen molar-refractivity contribution in [3.05, 3.63) is 0 Å². The molecule has 2 heterocycles. The van der Waals surface area contributed by atoms with E-state index < -0.39 is 75.9 Å². The van der Waals surface area contributed by atoms with E-state index in [9.17, 15) is 25.2 Å². The Balaban J connectivity index is 2.12. The molecule has 0 aromatic carbocycles. The second-order valence-electron chi connectivity index (χ2n) is 12.6. The van der Waals surface area contributed by atoms with Crippen molar-refractivity contribution < 1.29 is 53.3 Å². The lowest BCUT2D eigenvalue weighted by molar-refractivity contribution is -0.345. The Morgan fingerprint density at radius 2 is 1.67 bits per heavy atom. The minimum atomic E-state index is -2.13. The molecule has 2 aliphatic rings. The molecule has 12 heteroatoms. The van der Waals surface area contributed by atoms with Gasteiger partial charge in [0.25, 0.3) is 0 Å². The summed E-state index contributed by atoms with van der Waals surface area (Å²) in [6, 6.07) is 0. The highest BCUT2D eigenvalue weighted by Gasteiger charge is 2.51. The van der Waals surface area contributed by atoms with Gasteiger partial charge >= 0.3 is 5.97 Å². The van der Waals surface area contributed by atoms with Gasteiger partial charge in [0.2, 0.25) is 6.29 Å². The fraction of sp³-hybridized carbons (Fsp3) is 0.963. The molecule has 2 saturated heterocycles. The first-order valence-corrected chi connectivity index (χ1v) is 17.1. The van der Waals surface area contributed by atoms with Crippen molar-refractivity contribution in [3.8, 4) is 0 Å². The first-order valence-electron chi connectivity index (χ1n) is 14.2. The lowest BCUT2D eigenvalue weighted by Gasteiger charge is -2.42. The van der Waals surface area contributed by atoms with Crippen molar-refractivity contribution in [1.82, 2.24) is 0 Å². The van der Waals surface area contributed by atoms with E-state index in [1.165, 1.54) is 0 Å². The van der Waals surface area contributed by atoms with Crippen molar-refractivity contribution >= 4 is 14.3 Å². The van der Waals surface area contributed by atoms with Crippen LogP contribution in [0.2, 0.25) is 18.1 Å². The van der Waals surface area contributed by atoms with Gasteiger partial charge in [0.15, 0.2) is 26.5 Å². The molecule has 4 N–H and O–H groups in total. The fourth-order valence-electron chi connectivity index (χ4n) is 4.33. The fourth-order valence-corrected chi connectivity index (χ4v) is 5.34. The van der Waals surface area contributed by atoms with Crippen molar-refractivity contribution in [3.63, 3.8) is 0 Å².